The Bertz CT molecular complexity index is 1040. The minimum atomic E-state index is -4.37. The maximum atomic E-state index is 12.8. The van der Waals surface area contributed by atoms with Crippen molar-refractivity contribution in [3.63, 3.8) is 0 Å². The summed E-state index contributed by atoms with van der Waals surface area (Å²) in [4.78, 5) is 35.6. The number of quaternary nitrogens is 1. The lowest BCUT2D eigenvalue weighted by molar-refractivity contribution is -0.870. The first-order valence-electron chi connectivity index (χ1n) is 27.3. The molecule has 0 heterocycles. The summed E-state index contributed by atoms with van der Waals surface area (Å²) in [5.41, 5.74) is 0. The second-order valence-corrected chi connectivity index (χ2v) is 21.4. The third-order valence-corrected chi connectivity index (χ3v) is 13.4. The van der Waals surface area contributed by atoms with E-state index in [1.807, 2.05) is 21.1 Å². The number of phosphoric acid groups is 1. The van der Waals surface area contributed by atoms with Crippen LogP contribution in [0.15, 0.2) is 0 Å². The van der Waals surface area contributed by atoms with Crippen LogP contribution < -0.4 is 0 Å². The number of unbranched alkanes of at least 4 members (excludes halogenated alkanes) is 37. The van der Waals surface area contributed by atoms with Crippen LogP contribution in [-0.2, 0) is 32.7 Å². The van der Waals surface area contributed by atoms with Crippen LogP contribution in [0.25, 0.3) is 0 Å². The summed E-state index contributed by atoms with van der Waals surface area (Å²) in [6, 6.07) is 0. The first kappa shape index (κ1) is 62.0. The van der Waals surface area contributed by atoms with Gasteiger partial charge in [-0.05, 0) is 12.8 Å². The number of carbonyl (C=O) groups is 2. The fourth-order valence-corrected chi connectivity index (χ4v) is 8.88. The smallest absolute Gasteiger partial charge is 0.462 e. The van der Waals surface area contributed by atoms with Crippen molar-refractivity contribution in [2.45, 2.75) is 283 Å². The maximum Gasteiger partial charge on any atom is 0.472 e. The molecule has 0 saturated carbocycles. The van der Waals surface area contributed by atoms with Gasteiger partial charge in [0.15, 0.2) is 6.10 Å². The predicted octanol–water partition coefficient (Wildman–Crippen LogP) is 16.3. The Morgan fingerprint density at radius 2 is 0.714 bits per heavy atom. The van der Waals surface area contributed by atoms with Gasteiger partial charge < -0.3 is 18.9 Å². The first-order valence-corrected chi connectivity index (χ1v) is 28.8. The van der Waals surface area contributed by atoms with Crippen molar-refractivity contribution >= 4 is 19.8 Å². The van der Waals surface area contributed by atoms with Gasteiger partial charge in [-0.25, -0.2) is 4.57 Å². The topological polar surface area (TPSA) is 108 Å². The second-order valence-electron chi connectivity index (χ2n) is 20.0. The number of esters is 2. The minimum Gasteiger partial charge on any atom is -0.462 e. The standard InChI is InChI=1S/C53H106NO8P/c1-6-8-10-12-14-16-18-20-22-24-25-26-27-28-29-30-32-33-35-37-39-41-43-45-52(55)59-49-51(50-61-63(57,58)60-48-47-54(3,4)5)62-53(56)46-44-42-40-38-36-34-31-23-21-19-17-15-13-11-9-7-2/h51H,6-50H2,1-5H3/p+1. The van der Waals surface area contributed by atoms with E-state index in [9.17, 15) is 19.0 Å². The highest BCUT2D eigenvalue weighted by molar-refractivity contribution is 7.47. The van der Waals surface area contributed by atoms with Crippen LogP contribution >= 0.6 is 7.82 Å². The predicted molar refractivity (Wildman–Crippen MR) is 266 cm³/mol. The molecular formula is C53H107NO8P+. The van der Waals surface area contributed by atoms with E-state index in [4.69, 9.17) is 18.5 Å². The monoisotopic (exact) mass is 917 g/mol. The van der Waals surface area contributed by atoms with Crippen molar-refractivity contribution in [1.82, 2.24) is 0 Å². The van der Waals surface area contributed by atoms with Crippen molar-refractivity contribution in [3.05, 3.63) is 0 Å². The van der Waals surface area contributed by atoms with Gasteiger partial charge >= 0.3 is 19.8 Å². The van der Waals surface area contributed by atoms with Crippen LogP contribution in [0.1, 0.15) is 277 Å². The molecule has 0 fully saturated rings. The Labute approximate surface area is 391 Å². The average molecular weight is 917 g/mol. The van der Waals surface area contributed by atoms with Gasteiger partial charge in [-0.3, -0.25) is 18.6 Å². The minimum absolute atomic E-state index is 0.0372. The second kappa shape index (κ2) is 46.1. The van der Waals surface area contributed by atoms with Gasteiger partial charge in [0.1, 0.15) is 19.8 Å². The van der Waals surface area contributed by atoms with Gasteiger partial charge in [-0.2, -0.15) is 0 Å². The van der Waals surface area contributed by atoms with E-state index in [0.29, 0.717) is 17.4 Å². The molecule has 2 unspecified atom stereocenters. The van der Waals surface area contributed by atoms with Crippen LogP contribution in [0.5, 0.6) is 0 Å². The van der Waals surface area contributed by atoms with Crippen molar-refractivity contribution in [3.8, 4) is 0 Å². The molecule has 10 heteroatoms. The normalized spacial score (nSPS) is 13.3. The van der Waals surface area contributed by atoms with Crippen molar-refractivity contribution in [2.75, 3.05) is 47.5 Å². The van der Waals surface area contributed by atoms with E-state index >= 15 is 0 Å². The third kappa shape index (κ3) is 50.3. The lowest BCUT2D eigenvalue weighted by Gasteiger charge is -2.24. The number of hydrogen-bond donors (Lipinski definition) is 1. The summed E-state index contributed by atoms with van der Waals surface area (Å²) < 4.78 is 34.5. The average Bonchev–Trinajstić information content (AvgIpc) is 3.24. The number of carbonyl (C=O) groups excluding carboxylic acids is 2. The lowest BCUT2D eigenvalue weighted by Crippen LogP contribution is -2.37. The molecule has 0 saturated heterocycles. The zero-order valence-corrected chi connectivity index (χ0v) is 43.5. The Morgan fingerprint density at radius 3 is 1.02 bits per heavy atom. The molecule has 0 aromatic rings. The highest BCUT2D eigenvalue weighted by Crippen LogP contribution is 2.43. The molecule has 2 atom stereocenters. The fraction of sp³-hybridized carbons (Fsp3) is 0.962. The van der Waals surface area contributed by atoms with Gasteiger partial charge in [0.25, 0.3) is 0 Å². The van der Waals surface area contributed by atoms with Gasteiger partial charge in [0.2, 0.25) is 0 Å². The first-order chi connectivity index (χ1) is 30.5. The SMILES string of the molecule is CCCCCCCCCCCCCCCCCCCCCCCCCC(=O)OCC(COP(=O)(O)OCC[N+](C)(C)C)OC(=O)CCCCCCCCCCCCCCCCCC. The van der Waals surface area contributed by atoms with E-state index < -0.39 is 26.5 Å². The maximum absolute atomic E-state index is 12.8. The lowest BCUT2D eigenvalue weighted by atomic mass is 10.0. The van der Waals surface area contributed by atoms with Crippen molar-refractivity contribution in [1.29, 1.82) is 0 Å². The zero-order chi connectivity index (χ0) is 46.4. The van der Waals surface area contributed by atoms with Crippen LogP contribution in [0.2, 0.25) is 0 Å². The van der Waals surface area contributed by atoms with Crippen LogP contribution in [0.4, 0.5) is 0 Å². The molecule has 63 heavy (non-hydrogen) atoms. The summed E-state index contributed by atoms with van der Waals surface area (Å²) in [6.07, 6.45) is 50.2. The summed E-state index contributed by atoms with van der Waals surface area (Å²) in [5.74, 6) is -0.776. The van der Waals surface area contributed by atoms with Crippen LogP contribution in [0, 0.1) is 0 Å². The zero-order valence-electron chi connectivity index (χ0n) is 42.6. The van der Waals surface area contributed by atoms with Crippen LogP contribution in [0.3, 0.4) is 0 Å². The Kier molecular flexibility index (Phi) is 45.4. The van der Waals surface area contributed by atoms with E-state index in [1.165, 1.54) is 212 Å². The molecule has 0 aromatic heterocycles. The molecule has 0 aliphatic rings. The summed E-state index contributed by atoms with van der Waals surface area (Å²) >= 11 is 0. The van der Waals surface area contributed by atoms with E-state index in [0.717, 1.165) is 38.5 Å². The summed E-state index contributed by atoms with van der Waals surface area (Å²) in [5, 5.41) is 0. The highest BCUT2D eigenvalue weighted by Gasteiger charge is 2.27. The molecule has 0 aliphatic heterocycles. The Morgan fingerprint density at radius 1 is 0.429 bits per heavy atom. The van der Waals surface area contributed by atoms with E-state index in [-0.39, 0.29) is 25.6 Å². The molecule has 0 bridgehead atoms. The van der Waals surface area contributed by atoms with Crippen molar-refractivity contribution in [2.24, 2.45) is 0 Å². The summed E-state index contributed by atoms with van der Waals surface area (Å²) in [7, 11) is 1.50. The van der Waals surface area contributed by atoms with Gasteiger partial charge in [0.05, 0.1) is 27.7 Å². The fourth-order valence-electron chi connectivity index (χ4n) is 8.14. The number of phosphoric ester groups is 1. The molecule has 9 nitrogen and oxygen atoms in total. The molecular weight excluding hydrogens is 810 g/mol. The summed E-state index contributed by atoms with van der Waals surface area (Å²) in [6.45, 7) is 4.50. The third-order valence-electron chi connectivity index (χ3n) is 12.4. The van der Waals surface area contributed by atoms with E-state index in [1.54, 1.807) is 0 Å². The largest absolute Gasteiger partial charge is 0.472 e. The number of rotatable bonds is 51. The molecule has 0 radical (unpaired) electrons. The molecule has 0 aromatic carbocycles. The quantitative estimate of drug-likeness (QED) is 0.0278. The van der Waals surface area contributed by atoms with Crippen LogP contribution in [-0.4, -0.2) is 74.9 Å². The Balaban J connectivity index is 4.12. The number of ether oxygens (including phenoxy) is 2. The number of nitrogens with zero attached hydrogens (tertiary/aromatic N) is 1. The van der Waals surface area contributed by atoms with E-state index in [2.05, 4.69) is 13.8 Å². The molecule has 0 spiro atoms. The highest BCUT2D eigenvalue weighted by atomic mass is 31.2. The molecule has 0 rings (SSSR count). The van der Waals surface area contributed by atoms with Crippen molar-refractivity contribution < 1.29 is 42.1 Å². The van der Waals surface area contributed by atoms with Gasteiger partial charge in [0, 0.05) is 12.8 Å². The molecule has 1 N–H and O–H groups in total. The number of likely N-dealkylation sites (N-methyl/N-ethyl adjacent to an activating group) is 1. The van der Waals surface area contributed by atoms with Gasteiger partial charge in [-0.15, -0.1) is 0 Å². The Hall–Kier alpha value is -0.990. The molecule has 0 aliphatic carbocycles. The van der Waals surface area contributed by atoms with Gasteiger partial charge in [-0.1, -0.05) is 251 Å². The number of hydrogen-bond acceptors (Lipinski definition) is 7. The molecule has 376 valence electrons. The molecule has 0 amide bonds.